The van der Waals surface area contributed by atoms with E-state index in [4.69, 9.17) is 0 Å². The van der Waals surface area contributed by atoms with Crippen molar-refractivity contribution in [2.45, 2.75) is 31.7 Å². The van der Waals surface area contributed by atoms with Gasteiger partial charge in [0.2, 0.25) is 0 Å². The molecule has 0 N–H and O–H groups in total. The molecule has 1 aliphatic heterocycles. The van der Waals surface area contributed by atoms with Gasteiger partial charge in [0.05, 0.1) is 0 Å². The third-order valence-electron chi connectivity index (χ3n) is 4.48. The Morgan fingerprint density at radius 1 is 1.10 bits per heavy atom. The topological polar surface area (TPSA) is 23.6 Å². The third-order valence-corrected chi connectivity index (χ3v) is 4.97. The smallest absolute Gasteiger partial charge is 0.253 e. The van der Waals surface area contributed by atoms with Crippen LogP contribution in [0, 0.1) is 0 Å². The minimum absolute atomic E-state index is 0.168. The van der Waals surface area contributed by atoms with Crippen molar-refractivity contribution in [2.24, 2.45) is 0 Å². The van der Waals surface area contributed by atoms with Crippen molar-refractivity contribution >= 4 is 21.8 Å². The SMILES string of the molecule is O=C(c1cccc(Br)c1)N1CCCN(C2CCC2)CC1. The van der Waals surface area contributed by atoms with E-state index in [1.54, 1.807) is 0 Å². The summed E-state index contributed by atoms with van der Waals surface area (Å²) >= 11 is 3.44. The second-order valence-electron chi connectivity index (χ2n) is 5.78. The monoisotopic (exact) mass is 336 g/mol. The highest BCUT2D eigenvalue weighted by molar-refractivity contribution is 9.10. The Labute approximate surface area is 129 Å². The molecule has 0 bridgehead atoms. The van der Waals surface area contributed by atoms with Gasteiger partial charge in [0.15, 0.2) is 0 Å². The highest BCUT2D eigenvalue weighted by Gasteiger charge is 2.27. The summed E-state index contributed by atoms with van der Waals surface area (Å²) < 4.78 is 0.967. The Balaban J connectivity index is 1.63. The molecule has 0 radical (unpaired) electrons. The Morgan fingerprint density at radius 2 is 1.95 bits per heavy atom. The first-order valence-corrected chi connectivity index (χ1v) is 8.32. The second kappa shape index (κ2) is 6.27. The van der Waals surface area contributed by atoms with Gasteiger partial charge in [0.25, 0.3) is 5.91 Å². The molecule has 1 amide bonds. The molecule has 1 aliphatic carbocycles. The first kappa shape index (κ1) is 14.1. The fourth-order valence-electron chi connectivity index (χ4n) is 3.06. The van der Waals surface area contributed by atoms with Crippen LogP contribution < -0.4 is 0 Å². The Morgan fingerprint density at radius 3 is 2.65 bits per heavy atom. The van der Waals surface area contributed by atoms with Gasteiger partial charge in [-0.3, -0.25) is 9.69 Å². The minimum atomic E-state index is 0.168. The van der Waals surface area contributed by atoms with Gasteiger partial charge < -0.3 is 4.90 Å². The van der Waals surface area contributed by atoms with Crippen LogP contribution in [-0.2, 0) is 0 Å². The summed E-state index contributed by atoms with van der Waals surface area (Å²) in [6.07, 6.45) is 5.16. The van der Waals surface area contributed by atoms with E-state index < -0.39 is 0 Å². The molecule has 1 aromatic rings. The number of carbonyl (C=O) groups is 1. The van der Waals surface area contributed by atoms with E-state index in [1.807, 2.05) is 29.2 Å². The molecule has 1 saturated heterocycles. The number of carbonyl (C=O) groups excluding carboxylic acids is 1. The molecular weight excluding hydrogens is 316 g/mol. The largest absolute Gasteiger partial charge is 0.337 e. The quantitative estimate of drug-likeness (QED) is 0.828. The van der Waals surface area contributed by atoms with Crippen molar-refractivity contribution in [3.63, 3.8) is 0 Å². The summed E-state index contributed by atoms with van der Waals surface area (Å²) in [5.41, 5.74) is 0.788. The van der Waals surface area contributed by atoms with Crippen LogP contribution in [0.3, 0.4) is 0 Å². The van der Waals surface area contributed by atoms with E-state index in [0.29, 0.717) is 0 Å². The van der Waals surface area contributed by atoms with Crippen LogP contribution in [0.4, 0.5) is 0 Å². The van der Waals surface area contributed by atoms with Crippen molar-refractivity contribution in [1.82, 2.24) is 9.80 Å². The zero-order valence-corrected chi connectivity index (χ0v) is 13.3. The summed E-state index contributed by atoms with van der Waals surface area (Å²) in [6, 6.07) is 8.49. The number of hydrogen-bond donors (Lipinski definition) is 0. The maximum absolute atomic E-state index is 12.6. The predicted molar refractivity (Wildman–Crippen MR) is 83.9 cm³/mol. The zero-order valence-electron chi connectivity index (χ0n) is 11.7. The summed E-state index contributed by atoms with van der Waals surface area (Å²) in [5.74, 6) is 0.168. The van der Waals surface area contributed by atoms with Crippen molar-refractivity contribution in [1.29, 1.82) is 0 Å². The normalized spacial score (nSPS) is 21.4. The number of benzene rings is 1. The van der Waals surface area contributed by atoms with E-state index in [9.17, 15) is 4.79 Å². The lowest BCUT2D eigenvalue weighted by Gasteiger charge is -2.36. The lowest BCUT2D eigenvalue weighted by Crippen LogP contribution is -2.42. The summed E-state index contributed by atoms with van der Waals surface area (Å²) in [5, 5.41) is 0. The van der Waals surface area contributed by atoms with Gasteiger partial charge in [0.1, 0.15) is 0 Å². The number of rotatable bonds is 2. The molecule has 2 fully saturated rings. The van der Waals surface area contributed by atoms with Crippen LogP contribution in [0.15, 0.2) is 28.7 Å². The van der Waals surface area contributed by atoms with E-state index in [-0.39, 0.29) is 5.91 Å². The molecule has 0 aromatic heterocycles. The van der Waals surface area contributed by atoms with Crippen molar-refractivity contribution in [3.8, 4) is 0 Å². The van der Waals surface area contributed by atoms with Crippen molar-refractivity contribution in [3.05, 3.63) is 34.3 Å². The summed E-state index contributed by atoms with van der Waals surface area (Å²) in [4.78, 5) is 17.1. The minimum Gasteiger partial charge on any atom is -0.337 e. The van der Waals surface area contributed by atoms with Crippen LogP contribution in [-0.4, -0.2) is 47.9 Å². The molecule has 1 heterocycles. The van der Waals surface area contributed by atoms with Crippen LogP contribution in [0.1, 0.15) is 36.0 Å². The van der Waals surface area contributed by atoms with Crippen LogP contribution in [0.2, 0.25) is 0 Å². The molecule has 0 unspecified atom stereocenters. The van der Waals surface area contributed by atoms with Crippen molar-refractivity contribution < 1.29 is 4.79 Å². The van der Waals surface area contributed by atoms with E-state index in [1.165, 1.54) is 19.3 Å². The predicted octanol–water partition coefficient (Wildman–Crippen LogP) is 3.15. The molecule has 3 rings (SSSR count). The Hall–Kier alpha value is -0.870. The van der Waals surface area contributed by atoms with Gasteiger partial charge in [-0.15, -0.1) is 0 Å². The molecular formula is C16H21BrN2O. The highest BCUT2D eigenvalue weighted by atomic mass is 79.9. The number of nitrogens with zero attached hydrogens (tertiary/aromatic N) is 2. The van der Waals surface area contributed by atoms with Gasteiger partial charge >= 0.3 is 0 Å². The Kier molecular flexibility index (Phi) is 4.41. The molecule has 108 valence electrons. The molecule has 4 heteroatoms. The average Bonchev–Trinajstić information content (AvgIpc) is 2.62. The maximum Gasteiger partial charge on any atom is 0.253 e. The summed E-state index contributed by atoms with van der Waals surface area (Å²) in [7, 11) is 0. The molecule has 20 heavy (non-hydrogen) atoms. The maximum atomic E-state index is 12.6. The molecule has 0 atom stereocenters. The molecule has 1 aromatic carbocycles. The van der Waals surface area contributed by atoms with E-state index in [0.717, 1.165) is 48.7 Å². The van der Waals surface area contributed by atoms with Gasteiger partial charge in [-0.05, 0) is 37.5 Å². The number of halogens is 1. The third kappa shape index (κ3) is 3.07. The van der Waals surface area contributed by atoms with Crippen LogP contribution >= 0.6 is 15.9 Å². The second-order valence-corrected chi connectivity index (χ2v) is 6.69. The van der Waals surface area contributed by atoms with Crippen molar-refractivity contribution in [2.75, 3.05) is 26.2 Å². The zero-order chi connectivity index (χ0) is 13.9. The number of amides is 1. The standard InChI is InChI=1S/C16H21BrN2O/c17-14-5-1-4-13(12-14)16(20)19-9-3-8-18(10-11-19)15-6-2-7-15/h1,4-5,12,15H,2-3,6-11H2. The first-order valence-electron chi connectivity index (χ1n) is 7.53. The van der Waals surface area contributed by atoms with Gasteiger partial charge in [-0.25, -0.2) is 0 Å². The van der Waals surface area contributed by atoms with Crippen LogP contribution in [0.25, 0.3) is 0 Å². The van der Waals surface area contributed by atoms with Crippen LogP contribution in [0.5, 0.6) is 0 Å². The van der Waals surface area contributed by atoms with Gasteiger partial charge in [-0.1, -0.05) is 28.4 Å². The van der Waals surface area contributed by atoms with Gasteiger partial charge in [-0.2, -0.15) is 0 Å². The fraction of sp³-hybridized carbons (Fsp3) is 0.562. The van der Waals surface area contributed by atoms with Gasteiger partial charge in [0, 0.05) is 42.3 Å². The Bertz CT molecular complexity index is 487. The lowest BCUT2D eigenvalue weighted by atomic mass is 9.91. The first-order chi connectivity index (χ1) is 9.74. The molecule has 3 nitrogen and oxygen atoms in total. The lowest BCUT2D eigenvalue weighted by molar-refractivity contribution is 0.0749. The number of hydrogen-bond acceptors (Lipinski definition) is 2. The molecule has 1 saturated carbocycles. The van der Waals surface area contributed by atoms with E-state index in [2.05, 4.69) is 20.8 Å². The highest BCUT2D eigenvalue weighted by Crippen LogP contribution is 2.25. The molecule has 2 aliphatic rings. The fourth-order valence-corrected chi connectivity index (χ4v) is 3.46. The average molecular weight is 337 g/mol. The summed E-state index contributed by atoms with van der Waals surface area (Å²) in [6.45, 7) is 3.92. The molecule has 0 spiro atoms. The van der Waals surface area contributed by atoms with E-state index >= 15 is 0 Å².